The highest BCUT2D eigenvalue weighted by Gasteiger charge is 2.25. The average molecular weight is 560 g/mol. The van der Waals surface area contributed by atoms with E-state index in [9.17, 15) is 0 Å². The number of aromatic nitrogens is 3. The van der Waals surface area contributed by atoms with Crippen LogP contribution < -0.4 is 15.8 Å². The lowest BCUT2D eigenvalue weighted by molar-refractivity contribution is 0.319. The first-order valence-electron chi connectivity index (χ1n) is 12.1. The molecule has 0 fully saturated rings. The van der Waals surface area contributed by atoms with Crippen LogP contribution in [0.1, 0.15) is 36.8 Å². The van der Waals surface area contributed by atoms with Gasteiger partial charge in [0.1, 0.15) is 17.7 Å². The normalized spacial score (nSPS) is 12.0. The van der Waals surface area contributed by atoms with E-state index >= 15 is 4.39 Å². The lowest BCUT2D eigenvalue weighted by Crippen LogP contribution is -2.17. The van der Waals surface area contributed by atoms with Crippen molar-refractivity contribution in [2.24, 2.45) is 0 Å². The Bertz CT molecular complexity index is 1570. The summed E-state index contributed by atoms with van der Waals surface area (Å²) in [5.74, 6) is 0.866. The summed E-state index contributed by atoms with van der Waals surface area (Å²) >= 11 is 3.60. The zero-order valence-electron chi connectivity index (χ0n) is 20.6. The number of anilines is 2. The van der Waals surface area contributed by atoms with Crippen LogP contribution in [0.15, 0.2) is 77.5 Å². The molecule has 6 nitrogen and oxygen atoms in total. The third-order valence-corrected chi connectivity index (χ3v) is 6.96. The number of benzene rings is 3. The predicted octanol–water partition coefficient (Wildman–Crippen LogP) is 7.27. The number of hydrogen-bond donors (Lipinski definition) is 3. The number of halogens is 2. The second kappa shape index (κ2) is 10.6. The van der Waals surface area contributed by atoms with E-state index in [-0.39, 0.29) is 5.75 Å². The number of nitrogens with zero attached hydrogens (tertiary/aromatic N) is 2. The number of imidazole rings is 1. The summed E-state index contributed by atoms with van der Waals surface area (Å²) in [6.07, 6.45) is 4.25. The van der Waals surface area contributed by atoms with Crippen molar-refractivity contribution in [1.29, 1.82) is 0 Å². The fourth-order valence-electron chi connectivity index (χ4n) is 4.40. The van der Waals surface area contributed by atoms with E-state index in [0.29, 0.717) is 23.8 Å². The van der Waals surface area contributed by atoms with E-state index in [4.69, 9.17) is 15.5 Å². The minimum Gasteiger partial charge on any atom is -0.491 e. The molecular weight excluding hydrogens is 533 g/mol. The Hall–Kier alpha value is -3.91. The van der Waals surface area contributed by atoms with Gasteiger partial charge in [0.05, 0.1) is 12.3 Å². The Balaban J connectivity index is 1.63. The first kappa shape index (κ1) is 24.8. The zero-order valence-corrected chi connectivity index (χ0v) is 22.1. The van der Waals surface area contributed by atoms with Gasteiger partial charge in [0.15, 0.2) is 11.6 Å². The molecule has 8 heteroatoms. The Morgan fingerprint density at radius 1 is 1.11 bits per heavy atom. The molecule has 0 bridgehead atoms. The quantitative estimate of drug-likeness (QED) is 0.186. The number of pyridine rings is 1. The average Bonchev–Trinajstić information content (AvgIpc) is 3.39. The van der Waals surface area contributed by atoms with E-state index in [1.165, 1.54) is 0 Å². The van der Waals surface area contributed by atoms with Crippen molar-refractivity contribution in [3.8, 4) is 17.0 Å². The molecule has 0 spiro atoms. The number of nitrogen functional groups attached to an aromatic ring is 1. The summed E-state index contributed by atoms with van der Waals surface area (Å²) in [5, 5.41) is 5.29. The van der Waals surface area contributed by atoms with Gasteiger partial charge in [0.25, 0.3) is 0 Å². The lowest BCUT2D eigenvalue weighted by atomic mass is 9.99. The number of hydrogen-bond acceptors (Lipinski definition) is 5. The van der Waals surface area contributed by atoms with Gasteiger partial charge in [-0.25, -0.2) is 14.4 Å². The smallest absolute Gasteiger partial charge is 0.170 e. The van der Waals surface area contributed by atoms with Crippen LogP contribution in [0.2, 0.25) is 0 Å². The maximum Gasteiger partial charge on any atom is 0.170 e. The largest absolute Gasteiger partial charge is 0.491 e. The van der Waals surface area contributed by atoms with Gasteiger partial charge in [-0.3, -0.25) is 0 Å². The maximum absolute atomic E-state index is 15.9. The summed E-state index contributed by atoms with van der Waals surface area (Å²) in [7, 11) is 0. The number of aryl methyl sites for hydroxylation is 1. The van der Waals surface area contributed by atoms with Crippen LogP contribution in [0.4, 0.5) is 15.9 Å². The van der Waals surface area contributed by atoms with Crippen molar-refractivity contribution < 1.29 is 9.13 Å². The van der Waals surface area contributed by atoms with Gasteiger partial charge in [-0.1, -0.05) is 47.1 Å². The van der Waals surface area contributed by atoms with Crippen LogP contribution in [-0.4, -0.2) is 21.6 Å². The first-order chi connectivity index (χ1) is 18.0. The van der Waals surface area contributed by atoms with E-state index in [2.05, 4.69) is 31.2 Å². The van der Waals surface area contributed by atoms with E-state index in [0.717, 1.165) is 44.2 Å². The molecule has 5 aromatic rings. The van der Waals surface area contributed by atoms with Gasteiger partial charge in [-0.05, 0) is 60.7 Å². The molecule has 1 atom stereocenters. The Labute approximate surface area is 223 Å². The molecule has 37 heavy (non-hydrogen) atoms. The van der Waals surface area contributed by atoms with Gasteiger partial charge in [-0.2, -0.15) is 0 Å². The summed E-state index contributed by atoms with van der Waals surface area (Å²) in [6, 6.07) is 18.6. The van der Waals surface area contributed by atoms with Crippen LogP contribution in [0.3, 0.4) is 0 Å². The van der Waals surface area contributed by atoms with Crippen molar-refractivity contribution >= 4 is 38.2 Å². The molecule has 188 valence electrons. The molecule has 3 aromatic carbocycles. The van der Waals surface area contributed by atoms with Gasteiger partial charge in [0.2, 0.25) is 0 Å². The molecule has 0 saturated carbocycles. The second-order valence-electron chi connectivity index (χ2n) is 8.64. The number of H-pyrrole nitrogens is 1. The minimum atomic E-state index is -0.612. The standard InChI is InChI=1S/C29H27BrFN5O/c1-3-17-13-22(26(31)25(14-17)37-4-2)27(29-34-16-24(36-29)21-7-5-6-8-23(21)30)35-19-9-10-20-18(15-19)11-12-33-28(20)32/h5-16,27,35H,3-4H2,1-2H3,(H2,32,33)(H,34,36). The number of nitrogens with two attached hydrogens (primary N) is 1. The van der Waals surface area contributed by atoms with Crippen molar-refractivity contribution in [1.82, 2.24) is 15.0 Å². The monoisotopic (exact) mass is 559 g/mol. The second-order valence-corrected chi connectivity index (χ2v) is 9.50. The number of ether oxygens (including phenoxy) is 1. The zero-order chi connectivity index (χ0) is 25.9. The number of aromatic amines is 1. The first-order valence-corrected chi connectivity index (χ1v) is 12.9. The lowest BCUT2D eigenvalue weighted by Gasteiger charge is -2.22. The molecule has 1 unspecified atom stereocenters. The fourth-order valence-corrected chi connectivity index (χ4v) is 4.88. The molecule has 4 N–H and O–H groups in total. The summed E-state index contributed by atoms with van der Waals surface area (Å²) in [4.78, 5) is 12.3. The molecule has 0 aliphatic rings. The Kier molecular flexibility index (Phi) is 7.10. The Morgan fingerprint density at radius 3 is 2.73 bits per heavy atom. The van der Waals surface area contributed by atoms with Gasteiger partial charge >= 0.3 is 0 Å². The maximum atomic E-state index is 15.9. The van der Waals surface area contributed by atoms with Crippen molar-refractivity contribution in [2.45, 2.75) is 26.3 Å². The molecule has 5 rings (SSSR count). The van der Waals surface area contributed by atoms with Crippen LogP contribution in [0.25, 0.3) is 22.0 Å². The van der Waals surface area contributed by atoms with Crippen LogP contribution in [0, 0.1) is 5.82 Å². The topological polar surface area (TPSA) is 88.8 Å². The summed E-state index contributed by atoms with van der Waals surface area (Å²) in [5.41, 5.74) is 9.95. The minimum absolute atomic E-state index is 0.235. The van der Waals surface area contributed by atoms with Gasteiger partial charge in [0, 0.05) is 39.1 Å². The third-order valence-electron chi connectivity index (χ3n) is 6.27. The number of nitrogens with one attached hydrogen (secondary N) is 2. The number of rotatable bonds is 8. The molecule has 0 aliphatic carbocycles. The Morgan fingerprint density at radius 2 is 1.95 bits per heavy atom. The molecular formula is C29H27BrFN5O. The molecule has 2 aromatic heterocycles. The van der Waals surface area contributed by atoms with Gasteiger partial charge in [-0.15, -0.1) is 0 Å². The third kappa shape index (κ3) is 5.02. The number of fused-ring (bicyclic) bond motifs is 1. The summed E-state index contributed by atoms with van der Waals surface area (Å²) in [6.45, 7) is 4.25. The molecule has 0 saturated heterocycles. The van der Waals surface area contributed by atoms with Crippen LogP contribution in [-0.2, 0) is 6.42 Å². The highest BCUT2D eigenvalue weighted by Crippen LogP contribution is 2.35. The fraction of sp³-hybridized carbons (Fsp3) is 0.172. The van der Waals surface area contributed by atoms with Crippen LogP contribution in [0.5, 0.6) is 5.75 Å². The van der Waals surface area contributed by atoms with Gasteiger partial charge < -0.3 is 20.8 Å². The highest BCUT2D eigenvalue weighted by atomic mass is 79.9. The SMILES string of the molecule is CCOc1cc(CC)cc(C(Nc2ccc3c(N)nccc3c2)c2nc(-c3ccccc3Br)c[nH]2)c1F. The molecule has 0 amide bonds. The summed E-state index contributed by atoms with van der Waals surface area (Å²) < 4.78 is 22.5. The molecule has 2 heterocycles. The van der Waals surface area contributed by atoms with Crippen LogP contribution >= 0.6 is 15.9 Å². The molecule has 0 radical (unpaired) electrons. The van der Waals surface area contributed by atoms with E-state index in [1.54, 1.807) is 12.3 Å². The predicted molar refractivity (Wildman–Crippen MR) is 150 cm³/mol. The van der Waals surface area contributed by atoms with Crippen molar-refractivity contribution in [3.63, 3.8) is 0 Å². The van der Waals surface area contributed by atoms with E-state index in [1.807, 2.05) is 74.6 Å². The highest BCUT2D eigenvalue weighted by molar-refractivity contribution is 9.10. The van der Waals surface area contributed by atoms with Crippen molar-refractivity contribution in [3.05, 3.63) is 100 Å². The van der Waals surface area contributed by atoms with E-state index < -0.39 is 11.9 Å². The van der Waals surface area contributed by atoms with Crippen molar-refractivity contribution in [2.75, 3.05) is 17.7 Å². The molecule has 0 aliphatic heterocycles.